The Balaban J connectivity index is 1.59. The Morgan fingerprint density at radius 1 is 0.974 bits per heavy atom. The standard InChI is InChI=1S/C36H38N2/c1-21-15-22(2)17-24(16-21)11-12-25-20-26-13-14-37-33-28-18-23(3)19-29(36(4,5)6)34(28)38-30-10-8-7-9-27(30)31(25)35(38)32(26)33/h7-10,13-14,18-20,22,24H,1,11-12,15-17H2,2-6H3. The lowest BCUT2D eigenvalue weighted by Crippen LogP contribution is -2.15. The third-order valence-corrected chi connectivity index (χ3v) is 9.06. The molecule has 0 bridgehead atoms. The highest BCUT2D eigenvalue weighted by Crippen LogP contribution is 2.45. The minimum absolute atomic E-state index is 0.0108. The van der Waals surface area contributed by atoms with Gasteiger partial charge in [0, 0.05) is 27.7 Å². The van der Waals surface area contributed by atoms with Crippen LogP contribution in [0.25, 0.3) is 49.0 Å². The smallest absolute Gasteiger partial charge is 0.0822 e. The molecule has 2 nitrogen and oxygen atoms in total. The van der Waals surface area contributed by atoms with E-state index >= 15 is 0 Å². The van der Waals surface area contributed by atoms with Gasteiger partial charge in [-0.25, -0.2) is 0 Å². The zero-order chi connectivity index (χ0) is 26.3. The normalized spacial score (nSPS) is 19.1. The first-order chi connectivity index (χ1) is 18.2. The van der Waals surface area contributed by atoms with Gasteiger partial charge in [0.2, 0.25) is 0 Å². The molecule has 1 fully saturated rings. The molecule has 3 heterocycles. The average Bonchev–Trinajstić information content (AvgIpc) is 3.21. The summed E-state index contributed by atoms with van der Waals surface area (Å²) in [5.74, 6) is 1.50. The molecule has 2 atom stereocenters. The van der Waals surface area contributed by atoms with Gasteiger partial charge in [-0.2, -0.15) is 0 Å². The van der Waals surface area contributed by atoms with Crippen molar-refractivity contribution in [3.63, 3.8) is 0 Å². The first kappa shape index (κ1) is 23.7. The summed E-state index contributed by atoms with van der Waals surface area (Å²) < 4.78 is 2.59. The van der Waals surface area contributed by atoms with Gasteiger partial charge in [-0.05, 0) is 91.0 Å². The highest BCUT2D eigenvalue weighted by Gasteiger charge is 2.27. The number of para-hydroxylation sites is 1. The second-order valence-electron chi connectivity index (χ2n) is 13.2. The zero-order valence-corrected chi connectivity index (χ0v) is 23.5. The molecule has 0 amide bonds. The molecule has 3 aromatic carbocycles. The van der Waals surface area contributed by atoms with E-state index in [1.807, 2.05) is 6.20 Å². The number of aromatic nitrogens is 2. The Hall–Kier alpha value is -3.39. The van der Waals surface area contributed by atoms with Crippen LogP contribution in [-0.4, -0.2) is 9.38 Å². The first-order valence-corrected chi connectivity index (χ1v) is 14.4. The van der Waals surface area contributed by atoms with Crippen molar-refractivity contribution in [1.29, 1.82) is 0 Å². The maximum atomic E-state index is 5.04. The first-order valence-electron chi connectivity index (χ1n) is 14.4. The number of fused-ring (bicyclic) bond motifs is 6. The number of rotatable bonds is 3. The average molecular weight is 499 g/mol. The zero-order valence-electron chi connectivity index (χ0n) is 23.5. The SMILES string of the molecule is C=C1CC(C)CC(CCc2cc3ccnc4c5cc(C)cc(C(C)(C)C)c5n5c6ccccc6c2c5c34)C1. The Morgan fingerprint density at radius 2 is 1.79 bits per heavy atom. The molecule has 2 unspecified atom stereocenters. The second-order valence-corrected chi connectivity index (χ2v) is 13.2. The molecule has 0 N–H and O–H groups in total. The molecule has 0 saturated heterocycles. The summed E-state index contributed by atoms with van der Waals surface area (Å²) in [6, 6.07) is 18.5. The molecule has 7 rings (SSSR count). The molecule has 0 aliphatic heterocycles. The lowest BCUT2D eigenvalue weighted by atomic mass is 9.77. The van der Waals surface area contributed by atoms with E-state index in [1.54, 1.807) is 0 Å². The van der Waals surface area contributed by atoms with Crippen molar-refractivity contribution < 1.29 is 0 Å². The summed E-state index contributed by atoms with van der Waals surface area (Å²) in [5, 5.41) is 6.67. The minimum Gasteiger partial charge on any atom is -0.308 e. The number of nitrogens with zero attached hydrogens (tertiary/aromatic N) is 2. The third-order valence-electron chi connectivity index (χ3n) is 9.06. The lowest BCUT2D eigenvalue weighted by molar-refractivity contribution is 0.321. The van der Waals surface area contributed by atoms with Crippen LogP contribution in [0, 0.1) is 18.8 Å². The van der Waals surface area contributed by atoms with Crippen molar-refractivity contribution in [3.05, 3.63) is 83.6 Å². The molecule has 38 heavy (non-hydrogen) atoms. The van der Waals surface area contributed by atoms with Crippen LogP contribution in [0.15, 0.2) is 66.9 Å². The van der Waals surface area contributed by atoms with Crippen LogP contribution in [-0.2, 0) is 11.8 Å². The van der Waals surface area contributed by atoms with Gasteiger partial charge in [-0.3, -0.25) is 4.98 Å². The second kappa shape index (κ2) is 8.30. The van der Waals surface area contributed by atoms with Crippen LogP contribution >= 0.6 is 0 Å². The molecule has 0 spiro atoms. The summed E-state index contributed by atoms with van der Waals surface area (Å²) in [7, 11) is 0. The van der Waals surface area contributed by atoms with Crippen molar-refractivity contribution in [1.82, 2.24) is 9.38 Å². The Kier molecular flexibility index (Phi) is 5.18. The Bertz CT molecular complexity index is 1880. The van der Waals surface area contributed by atoms with Crippen molar-refractivity contribution in [2.24, 2.45) is 11.8 Å². The van der Waals surface area contributed by atoms with E-state index in [4.69, 9.17) is 4.98 Å². The highest BCUT2D eigenvalue weighted by atomic mass is 14.9. The highest BCUT2D eigenvalue weighted by molar-refractivity contribution is 6.28. The largest absolute Gasteiger partial charge is 0.308 e. The third kappa shape index (κ3) is 3.49. The van der Waals surface area contributed by atoms with Crippen molar-refractivity contribution >= 4 is 49.0 Å². The van der Waals surface area contributed by atoms with Crippen LogP contribution in [0.4, 0.5) is 0 Å². The molecule has 1 aliphatic carbocycles. The van der Waals surface area contributed by atoms with Crippen LogP contribution < -0.4 is 0 Å². The van der Waals surface area contributed by atoms with Gasteiger partial charge in [0.25, 0.3) is 0 Å². The quantitative estimate of drug-likeness (QED) is 0.135. The minimum atomic E-state index is 0.0108. The van der Waals surface area contributed by atoms with Gasteiger partial charge >= 0.3 is 0 Å². The Morgan fingerprint density at radius 3 is 2.58 bits per heavy atom. The molecule has 1 aliphatic rings. The fraction of sp³-hybridized carbons (Fsp3) is 0.361. The van der Waals surface area contributed by atoms with E-state index in [9.17, 15) is 0 Å². The van der Waals surface area contributed by atoms with Gasteiger partial charge in [0.15, 0.2) is 0 Å². The van der Waals surface area contributed by atoms with E-state index in [0.29, 0.717) is 0 Å². The summed E-state index contributed by atoms with van der Waals surface area (Å²) in [6.45, 7) is 16.0. The van der Waals surface area contributed by atoms with E-state index in [1.165, 1.54) is 91.4 Å². The lowest BCUT2D eigenvalue weighted by Gasteiger charge is -2.28. The molecule has 0 radical (unpaired) electrons. The molecule has 192 valence electrons. The summed E-state index contributed by atoms with van der Waals surface area (Å²) in [5.41, 5.74) is 10.7. The predicted molar refractivity (Wildman–Crippen MR) is 164 cm³/mol. The van der Waals surface area contributed by atoms with Gasteiger partial charge in [0.05, 0.1) is 22.1 Å². The van der Waals surface area contributed by atoms with Crippen LogP contribution in [0.2, 0.25) is 0 Å². The van der Waals surface area contributed by atoms with Crippen molar-refractivity contribution in [2.45, 2.75) is 72.1 Å². The van der Waals surface area contributed by atoms with Crippen molar-refractivity contribution in [3.8, 4) is 0 Å². The maximum Gasteiger partial charge on any atom is 0.0822 e. The number of allylic oxidation sites excluding steroid dienone is 1. The molecular formula is C36H38N2. The summed E-state index contributed by atoms with van der Waals surface area (Å²) in [6.07, 6.45) is 8.07. The van der Waals surface area contributed by atoms with Gasteiger partial charge < -0.3 is 4.40 Å². The number of hydrogen-bond acceptors (Lipinski definition) is 1. The van der Waals surface area contributed by atoms with E-state index < -0.39 is 0 Å². The van der Waals surface area contributed by atoms with Gasteiger partial charge in [-0.1, -0.05) is 75.7 Å². The maximum absolute atomic E-state index is 5.04. The van der Waals surface area contributed by atoms with E-state index in [-0.39, 0.29) is 5.41 Å². The molecule has 2 heteroatoms. The molecule has 1 saturated carbocycles. The predicted octanol–water partition coefficient (Wildman–Crippen LogP) is 9.92. The number of benzene rings is 3. The van der Waals surface area contributed by atoms with Crippen LogP contribution in [0.3, 0.4) is 0 Å². The molecule has 3 aromatic heterocycles. The van der Waals surface area contributed by atoms with Crippen molar-refractivity contribution in [2.75, 3.05) is 0 Å². The number of aryl methyl sites for hydroxylation is 2. The fourth-order valence-electron chi connectivity index (χ4n) is 7.61. The van der Waals surface area contributed by atoms with Gasteiger partial charge in [0.1, 0.15) is 0 Å². The number of hydrogen-bond donors (Lipinski definition) is 0. The van der Waals surface area contributed by atoms with Crippen LogP contribution in [0.1, 0.15) is 70.1 Å². The van der Waals surface area contributed by atoms with E-state index in [2.05, 4.69) is 94.1 Å². The summed E-state index contributed by atoms with van der Waals surface area (Å²) >= 11 is 0. The Labute approximate surface area is 225 Å². The fourth-order valence-corrected chi connectivity index (χ4v) is 7.61. The summed E-state index contributed by atoms with van der Waals surface area (Å²) in [4.78, 5) is 5.04. The monoisotopic (exact) mass is 498 g/mol. The van der Waals surface area contributed by atoms with E-state index in [0.717, 1.165) is 23.8 Å². The van der Waals surface area contributed by atoms with Gasteiger partial charge in [-0.15, -0.1) is 0 Å². The topological polar surface area (TPSA) is 17.3 Å². The number of pyridine rings is 2. The molecule has 6 aromatic rings. The van der Waals surface area contributed by atoms with Crippen LogP contribution in [0.5, 0.6) is 0 Å². The molecular weight excluding hydrogens is 460 g/mol.